The Morgan fingerprint density at radius 2 is 2.03 bits per heavy atom. The molecule has 0 spiro atoms. The molecule has 1 atom stereocenters. The van der Waals surface area contributed by atoms with Crippen molar-refractivity contribution >= 4 is 50.3 Å². The van der Waals surface area contributed by atoms with Gasteiger partial charge < -0.3 is 9.64 Å². The molecule has 1 unspecified atom stereocenters. The fourth-order valence-corrected chi connectivity index (χ4v) is 6.29. The van der Waals surface area contributed by atoms with E-state index in [0.29, 0.717) is 30.9 Å². The van der Waals surface area contributed by atoms with Crippen LogP contribution in [0.15, 0.2) is 29.6 Å². The van der Waals surface area contributed by atoms with Crippen LogP contribution >= 0.6 is 34.5 Å². The van der Waals surface area contributed by atoms with Crippen molar-refractivity contribution < 1.29 is 17.9 Å². The lowest BCUT2D eigenvalue weighted by atomic mass is 10.1. The third kappa shape index (κ3) is 5.66. The molecule has 1 aromatic carbocycles. The van der Waals surface area contributed by atoms with Crippen molar-refractivity contribution in [1.82, 2.24) is 4.90 Å². The Labute approximate surface area is 185 Å². The smallest absolute Gasteiger partial charge is 0.254 e. The summed E-state index contributed by atoms with van der Waals surface area (Å²) in [5.41, 5.74) is 0.323. The van der Waals surface area contributed by atoms with Crippen molar-refractivity contribution in [2.45, 2.75) is 38.8 Å². The molecule has 1 aliphatic rings. The average molecular weight is 476 g/mol. The molecule has 0 aliphatic carbocycles. The first-order valence-electron chi connectivity index (χ1n) is 9.46. The normalized spacial score (nSPS) is 18.0. The Bertz CT molecular complexity index is 938. The highest BCUT2D eigenvalue weighted by Crippen LogP contribution is 2.35. The van der Waals surface area contributed by atoms with E-state index in [-0.39, 0.29) is 33.5 Å². The van der Waals surface area contributed by atoms with Crippen molar-refractivity contribution in [3.63, 3.8) is 0 Å². The van der Waals surface area contributed by atoms with Crippen LogP contribution in [0.1, 0.15) is 41.4 Å². The van der Waals surface area contributed by atoms with Crippen LogP contribution in [0.2, 0.25) is 10.0 Å². The number of ether oxygens (including phenoxy) is 1. The summed E-state index contributed by atoms with van der Waals surface area (Å²) in [5, 5.41) is 2.47. The zero-order chi connectivity index (χ0) is 21.0. The molecule has 0 bridgehead atoms. The first-order valence-corrected chi connectivity index (χ1v) is 12.9. The van der Waals surface area contributed by atoms with E-state index in [2.05, 4.69) is 6.92 Å². The van der Waals surface area contributed by atoms with Crippen LogP contribution in [0, 0.1) is 0 Å². The van der Waals surface area contributed by atoms with Gasteiger partial charge in [0.1, 0.15) is 0 Å². The van der Waals surface area contributed by atoms with Gasteiger partial charge in [0.2, 0.25) is 0 Å². The van der Waals surface area contributed by atoms with Crippen LogP contribution in [0.3, 0.4) is 0 Å². The fraction of sp³-hybridized carbons (Fsp3) is 0.450. The maximum absolute atomic E-state index is 13.3. The Morgan fingerprint density at radius 3 is 2.59 bits per heavy atom. The minimum absolute atomic E-state index is 0.0240. The molecule has 1 fully saturated rings. The van der Waals surface area contributed by atoms with Crippen LogP contribution in [0.5, 0.6) is 5.75 Å². The molecular weight excluding hydrogens is 453 g/mol. The van der Waals surface area contributed by atoms with Gasteiger partial charge in [-0.25, -0.2) is 8.42 Å². The van der Waals surface area contributed by atoms with Crippen LogP contribution < -0.4 is 4.74 Å². The van der Waals surface area contributed by atoms with Gasteiger partial charge in [0.15, 0.2) is 15.6 Å². The second-order valence-electron chi connectivity index (χ2n) is 7.04. The van der Waals surface area contributed by atoms with Crippen LogP contribution in [0.25, 0.3) is 0 Å². The van der Waals surface area contributed by atoms with Crippen molar-refractivity contribution in [2.75, 3.05) is 18.1 Å². The Kier molecular flexibility index (Phi) is 7.48. The van der Waals surface area contributed by atoms with E-state index in [1.54, 1.807) is 17.0 Å². The fourth-order valence-electron chi connectivity index (χ4n) is 3.26. The summed E-state index contributed by atoms with van der Waals surface area (Å²) in [6.07, 6.45) is 2.28. The number of nitrogens with zero attached hydrogens (tertiary/aromatic N) is 1. The topological polar surface area (TPSA) is 63.7 Å². The summed E-state index contributed by atoms with van der Waals surface area (Å²) in [7, 11) is -3.13. The highest BCUT2D eigenvalue weighted by atomic mass is 35.5. The lowest BCUT2D eigenvalue weighted by molar-refractivity contribution is 0.0683. The molecule has 5 nitrogen and oxygen atoms in total. The molecule has 9 heteroatoms. The quantitative estimate of drug-likeness (QED) is 0.500. The first kappa shape index (κ1) is 22.4. The van der Waals surface area contributed by atoms with Gasteiger partial charge in [-0.15, -0.1) is 11.3 Å². The molecule has 158 valence electrons. The number of halogens is 2. The molecule has 2 heterocycles. The summed E-state index contributed by atoms with van der Waals surface area (Å²) < 4.78 is 29.6. The van der Waals surface area contributed by atoms with E-state index >= 15 is 0 Å². The number of hydrogen-bond donors (Lipinski definition) is 0. The average Bonchev–Trinajstić information content (AvgIpc) is 3.30. The Morgan fingerprint density at radius 1 is 1.31 bits per heavy atom. The van der Waals surface area contributed by atoms with Crippen molar-refractivity contribution in [3.8, 4) is 5.75 Å². The van der Waals surface area contributed by atoms with Crippen molar-refractivity contribution in [3.05, 3.63) is 50.1 Å². The second-order valence-corrected chi connectivity index (χ2v) is 11.1. The number of unbranched alkanes of at least 4 members (excludes halogenated alkanes) is 1. The Balaban J connectivity index is 1.87. The molecule has 1 amide bonds. The first-order chi connectivity index (χ1) is 13.8. The SMILES string of the molecule is CCCCOc1c(Cl)cc(C(=O)N(Cc2cccs2)C2CCS(=O)(=O)C2)cc1Cl. The molecule has 0 saturated carbocycles. The minimum Gasteiger partial charge on any atom is -0.490 e. The largest absolute Gasteiger partial charge is 0.490 e. The van der Waals surface area contributed by atoms with Gasteiger partial charge in [-0.3, -0.25) is 4.79 Å². The molecule has 2 aromatic rings. The highest BCUT2D eigenvalue weighted by molar-refractivity contribution is 7.91. The van der Waals surface area contributed by atoms with E-state index in [0.717, 1.165) is 17.7 Å². The molecule has 1 saturated heterocycles. The predicted octanol–water partition coefficient (Wildman–Crippen LogP) is 5.06. The number of carbonyl (C=O) groups is 1. The standard InChI is InChI=1S/C20H23Cl2NO4S2/c1-2-3-7-27-19-17(21)10-14(11-18(19)22)20(24)23(12-16-5-4-8-28-16)15-6-9-29(25,26)13-15/h4-5,8,10-11,15H,2-3,6-7,9,12-13H2,1H3. The summed E-state index contributed by atoms with van der Waals surface area (Å²) in [6.45, 7) is 2.90. The molecule has 1 aromatic heterocycles. The molecular formula is C20H23Cl2NO4S2. The molecule has 0 radical (unpaired) electrons. The summed E-state index contributed by atoms with van der Waals surface area (Å²) in [5.74, 6) is 0.150. The van der Waals surface area contributed by atoms with Gasteiger partial charge in [0, 0.05) is 16.5 Å². The lowest BCUT2D eigenvalue weighted by Crippen LogP contribution is -2.40. The van der Waals surface area contributed by atoms with Crippen molar-refractivity contribution in [2.24, 2.45) is 0 Å². The third-order valence-corrected chi connectivity index (χ3v) is 7.98. The number of benzene rings is 1. The molecule has 29 heavy (non-hydrogen) atoms. The van der Waals surface area contributed by atoms with E-state index < -0.39 is 9.84 Å². The maximum atomic E-state index is 13.3. The highest BCUT2D eigenvalue weighted by Gasteiger charge is 2.35. The van der Waals surface area contributed by atoms with Crippen LogP contribution in [-0.4, -0.2) is 43.4 Å². The van der Waals surface area contributed by atoms with E-state index in [4.69, 9.17) is 27.9 Å². The van der Waals surface area contributed by atoms with Gasteiger partial charge >= 0.3 is 0 Å². The molecule has 3 rings (SSSR count). The van der Waals surface area contributed by atoms with E-state index in [1.165, 1.54) is 11.3 Å². The second kappa shape index (κ2) is 9.69. The zero-order valence-corrected chi connectivity index (χ0v) is 19.2. The summed E-state index contributed by atoms with van der Waals surface area (Å²) in [6, 6.07) is 6.56. The summed E-state index contributed by atoms with van der Waals surface area (Å²) in [4.78, 5) is 15.9. The van der Waals surface area contributed by atoms with Gasteiger partial charge in [-0.05, 0) is 36.4 Å². The number of thiophene rings is 1. The monoisotopic (exact) mass is 475 g/mol. The lowest BCUT2D eigenvalue weighted by Gasteiger charge is -2.28. The predicted molar refractivity (Wildman–Crippen MR) is 118 cm³/mol. The number of sulfone groups is 1. The number of rotatable bonds is 8. The minimum atomic E-state index is -3.13. The van der Waals surface area contributed by atoms with Gasteiger partial charge in [-0.1, -0.05) is 42.6 Å². The van der Waals surface area contributed by atoms with Gasteiger partial charge in [0.25, 0.3) is 5.91 Å². The van der Waals surface area contributed by atoms with Gasteiger partial charge in [0.05, 0.1) is 34.7 Å². The van der Waals surface area contributed by atoms with Crippen LogP contribution in [0.4, 0.5) is 0 Å². The maximum Gasteiger partial charge on any atom is 0.254 e. The van der Waals surface area contributed by atoms with E-state index in [1.807, 2.05) is 17.5 Å². The Hall–Kier alpha value is -1.28. The zero-order valence-electron chi connectivity index (χ0n) is 16.1. The number of hydrogen-bond acceptors (Lipinski definition) is 5. The number of carbonyl (C=O) groups excluding carboxylic acids is 1. The van der Waals surface area contributed by atoms with Crippen molar-refractivity contribution in [1.29, 1.82) is 0 Å². The summed E-state index contributed by atoms with van der Waals surface area (Å²) >= 11 is 14.2. The van der Waals surface area contributed by atoms with E-state index in [9.17, 15) is 13.2 Å². The van der Waals surface area contributed by atoms with Crippen LogP contribution in [-0.2, 0) is 16.4 Å². The van der Waals surface area contributed by atoms with Gasteiger partial charge in [-0.2, -0.15) is 0 Å². The molecule has 0 N–H and O–H groups in total. The number of amides is 1. The third-order valence-electron chi connectivity index (χ3n) is 4.81. The molecule has 1 aliphatic heterocycles.